The minimum Gasteiger partial charge on any atom is -1.00 e. The van der Waals surface area contributed by atoms with Crippen molar-refractivity contribution in [1.29, 1.82) is 0 Å². The van der Waals surface area contributed by atoms with E-state index in [0.29, 0.717) is 5.82 Å². The van der Waals surface area contributed by atoms with E-state index in [-0.39, 0.29) is 52.8 Å². The Morgan fingerprint density at radius 3 is 2.50 bits per heavy atom. The number of benzene rings is 1. The van der Waals surface area contributed by atoms with E-state index in [9.17, 15) is 0 Å². The van der Waals surface area contributed by atoms with Crippen molar-refractivity contribution in [2.75, 3.05) is 0 Å². The van der Waals surface area contributed by atoms with Gasteiger partial charge < -0.3 is 1.43 Å². The van der Waals surface area contributed by atoms with E-state index in [1.165, 1.54) is 0 Å². The Labute approximate surface area is 114 Å². The predicted octanol–water partition coefficient (Wildman–Crippen LogP) is -2.02. The second-order valence-electron chi connectivity index (χ2n) is 2.10. The normalized spacial score (nSPS) is 9.00. The molecule has 0 saturated carbocycles. The fourth-order valence-electron chi connectivity index (χ4n) is 0.871. The monoisotopic (exact) mass is 186 g/mol. The molecular weight excluding hydrogens is 179 g/mol. The number of H-pyrrole nitrogens is 1. The molecule has 2 rings (SSSR count). The molecule has 0 atom stereocenters. The van der Waals surface area contributed by atoms with Gasteiger partial charge in [0, 0.05) is 5.56 Å². The number of tetrazole rings is 1. The fraction of sp³-hybridized carbons (Fsp3) is 0. The summed E-state index contributed by atoms with van der Waals surface area (Å²) < 4.78 is 0. The quantitative estimate of drug-likeness (QED) is 0.523. The summed E-state index contributed by atoms with van der Waals surface area (Å²) in [5.41, 5.74) is 0.973. The number of hydrogen-bond acceptors (Lipinski definition) is 3. The second kappa shape index (κ2) is 4.83. The molecule has 0 fully saturated rings. The van der Waals surface area contributed by atoms with Crippen molar-refractivity contribution in [2.24, 2.45) is 0 Å². The SMILES string of the molecule is [H-].[K+].c1ccc(-c2nn[nH]n2)cc1. The van der Waals surface area contributed by atoms with E-state index in [1.807, 2.05) is 30.3 Å². The molecule has 0 spiro atoms. The van der Waals surface area contributed by atoms with Gasteiger partial charge in [-0.15, -0.1) is 10.2 Å². The molecule has 0 aliphatic heterocycles. The molecule has 5 heteroatoms. The minimum atomic E-state index is 0. The fourth-order valence-corrected chi connectivity index (χ4v) is 0.871. The zero-order valence-corrected chi connectivity index (χ0v) is 9.85. The Kier molecular flexibility index (Phi) is 4.03. The van der Waals surface area contributed by atoms with Crippen LogP contribution in [0.2, 0.25) is 0 Å². The molecule has 1 N–H and O–H groups in total. The molecule has 1 aromatic heterocycles. The topological polar surface area (TPSA) is 54.5 Å². The van der Waals surface area contributed by atoms with Gasteiger partial charge in [0.2, 0.25) is 5.82 Å². The third-order valence-corrected chi connectivity index (χ3v) is 1.38. The predicted molar refractivity (Wildman–Crippen MR) is 40.7 cm³/mol. The van der Waals surface area contributed by atoms with E-state index < -0.39 is 0 Å². The minimum absolute atomic E-state index is 0. The summed E-state index contributed by atoms with van der Waals surface area (Å²) in [6.07, 6.45) is 0. The van der Waals surface area contributed by atoms with Crippen molar-refractivity contribution in [3.8, 4) is 11.4 Å². The van der Waals surface area contributed by atoms with Crippen molar-refractivity contribution < 1.29 is 52.8 Å². The molecule has 0 radical (unpaired) electrons. The van der Waals surface area contributed by atoms with Gasteiger partial charge in [-0.05, 0) is 5.21 Å². The molecule has 1 aromatic carbocycles. The van der Waals surface area contributed by atoms with E-state index in [4.69, 9.17) is 0 Å². The Balaban J connectivity index is 0.000000720. The van der Waals surface area contributed by atoms with Gasteiger partial charge in [-0.25, -0.2) is 0 Å². The standard InChI is InChI=1S/C7H6N4.K.H/c1-2-4-6(5-3-1)7-8-10-11-9-7;;/h1-5H,(H,8,9,10,11);;/q;+1;-1. The van der Waals surface area contributed by atoms with Crippen LogP contribution in [0.4, 0.5) is 0 Å². The van der Waals surface area contributed by atoms with Gasteiger partial charge >= 0.3 is 51.4 Å². The van der Waals surface area contributed by atoms with Gasteiger partial charge in [-0.1, -0.05) is 30.3 Å². The first-order valence-corrected chi connectivity index (χ1v) is 3.26. The van der Waals surface area contributed by atoms with Crippen LogP contribution in [-0.4, -0.2) is 20.6 Å². The largest absolute Gasteiger partial charge is 1.00 e. The number of aromatic nitrogens is 4. The summed E-state index contributed by atoms with van der Waals surface area (Å²) in [4.78, 5) is 0. The molecule has 1 heterocycles. The van der Waals surface area contributed by atoms with Crippen LogP contribution in [0.5, 0.6) is 0 Å². The summed E-state index contributed by atoms with van der Waals surface area (Å²) in [7, 11) is 0. The van der Waals surface area contributed by atoms with Crippen LogP contribution >= 0.6 is 0 Å². The van der Waals surface area contributed by atoms with Gasteiger partial charge in [0.25, 0.3) is 0 Å². The van der Waals surface area contributed by atoms with Crippen molar-refractivity contribution in [2.45, 2.75) is 0 Å². The summed E-state index contributed by atoms with van der Waals surface area (Å²) in [5, 5.41) is 13.5. The number of rotatable bonds is 1. The molecule has 0 aliphatic carbocycles. The van der Waals surface area contributed by atoms with Gasteiger partial charge in [-0.3, -0.25) is 0 Å². The van der Waals surface area contributed by atoms with Crippen molar-refractivity contribution in [3.63, 3.8) is 0 Å². The van der Waals surface area contributed by atoms with Crippen molar-refractivity contribution in [3.05, 3.63) is 30.3 Å². The molecule has 0 saturated heterocycles. The van der Waals surface area contributed by atoms with Crippen LogP contribution < -0.4 is 51.4 Å². The molecule has 0 bridgehead atoms. The second-order valence-corrected chi connectivity index (χ2v) is 2.10. The summed E-state index contributed by atoms with van der Waals surface area (Å²) >= 11 is 0. The number of nitrogens with one attached hydrogen (secondary N) is 1. The molecule has 0 aliphatic rings. The van der Waals surface area contributed by atoms with Crippen LogP contribution in [0.3, 0.4) is 0 Å². The van der Waals surface area contributed by atoms with E-state index in [1.54, 1.807) is 0 Å². The van der Waals surface area contributed by atoms with E-state index in [2.05, 4.69) is 20.6 Å². The number of aromatic amines is 1. The third-order valence-electron chi connectivity index (χ3n) is 1.38. The average Bonchev–Trinajstić information content (AvgIpc) is 2.58. The summed E-state index contributed by atoms with van der Waals surface area (Å²) in [5.74, 6) is 0.630. The van der Waals surface area contributed by atoms with Crippen LogP contribution in [0, 0.1) is 0 Å². The zero-order valence-electron chi connectivity index (χ0n) is 7.73. The number of nitrogens with zero attached hydrogens (tertiary/aromatic N) is 3. The third kappa shape index (κ3) is 2.21. The first-order valence-electron chi connectivity index (χ1n) is 3.26. The first kappa shape index (κ1) is 10.0. The Morgan fingerprint density at radius 1 is 1.17 bits per heavy atom. The van der Waals surface area contributed by atoms with Gasteiger partial charge in [0.1, 0.15) is 0 Å². The van der Waals surface area contributed by atoms with Gasteiger partial charge in [0.15, 0.2) is 0 Å². The Hall–Kier alpha value is -0.0736. The average molecular weight is 186 g/mol. The number of hydrogen-bond donors (Lipinski definition) is 1. The van der Waals surface area contributed by atoms with Gasteiger partial charge in [-0.2, -0.15) is 5.21 Å². The maximum atomic E-state index is 3.84. The molecule has 56 valence electrons. The molecule has 12 heavy (non-hydrogen) atoms. The first-order chi connectivity index (χ1) is 5.47. The maximum Gasteiger partial charge on any atom is 1.00 e. The van der Waals surface area contributed by atoms with Crippen LogP contribution in [0.1, 0.15) is 1.43 Å². The van der Waals surface area contributed by atoms with E-state index >= 15 is 0 Å². The molecule has 0 unspecified atom stereocenters. The molecular formula is C7H7KN4. The Morgan fingerprint density at radius 2 is 1.92 bits per heavy atom. The summed E-state index contributed by atoms with van der Waals surface area (Å²) in [6, 6.07) is 9.69. The van der Waals surface area contributed by atoms with E-state index in [0.717, 1.165) is 5.56 Å². The van der Waals surface area contributed by atoms with Crippen molar-refractivity contribution in [1.82, 2.24) is 20.6 Å². The van der Waals surface area contributed by atoms with Crippen LogP contribution in [-0.2, 0) is 0 Å². The van der Waals surface area contributed by atoms with Crippen molar-refractivity contribution >= 4 is 0 Å². The molecule has 2 aromatic rings. The maximum absolute atomic E-state index is 3.84. The van der Waals surface area contributed by atoms with Crippen LogP contribution in [0.15, 0.2) is 30.3 Å². The van der Waals surface area contributed by atoms with Gasteiger partial charge in [0.05, 0.1) is 0 Å². The summed E-state index contributed by atoms with van der Waals surface area (Å²) in [6.45, 7) is 0. The zero-order chi connectivity index (χ0) is 7.52. The Bertz CT molecular complexity index is 323. The van der Waals surface area contributed by atoms with Crippen LogP contribution in [0.25, 0.3) is 11.4 Å². The smallest absolute Gasteiger partial charge is 1.00 e. The molecule has 0 amide bonds. The molecule has 4 nitrogen and oxygen atoms in total.